The number of hydrogen-bond donors (Lipinski definition) is 2. The van der Waals surface area contributed by atoms with Gasteiger partial charge in [-0.1, -0.05) is 48.5 Å². The van der Waals surface area contributed by atoms with E-state index in [-0.39, 0.29) is 5.75 Å². The summed E-state index contributed by atoms with van der Waals surface area (Å²) in [4.78, 5) is 4.22. The molecule has 2 aromatic heterocycles. The quantitative estimate of drug-likeness (QED) is 0.552. The summed E-state index contributed by atoms with van der Waals surface area (Å²) in [6.45, 7) is 3.98. The molecule has 0 spiro atoms. The van der Waals surface area contributed by atoms with Crippen molar-refractivity contribution in [1.29, 1.82) is 0 Å². The van der Waals surface area contributed by atoms with Gasteiger partial charge in [-0.15, -0.1) is 5.10 Å². The Kier molecular flexibility index (Phi) is 4.72. The molecule has 2 aromatic carbocycles. The lowest BCUT2D eigenvalue weighted by Crippen LogP contribution is -1.98. The van der Waals surface area contributed by atoms with Gasteiger partial charge in [-0.05, 0) is 41.0 Å². The van der Waals surface area contributed by atoms with E-state index in [1.54, 1.807) is 13.0 Å². The highest BCUT2D eigenvalue weighted by Gasteiger charge is 2.11. The Balaban J connectivity index is 1.55. The summed E-state index contributed by atoms with van der Waals surface area (Å²) < 4.78 is 5.79. The number of aryl methyl sites for hydroxylation is 2. The highest BCUT2D eigenvalue weighted by Crippen LogP contribution is 2.31. The van der Waals surface area contributed by atoms with Crippen LogP contribution in [0.1, 0.15) is 17.0 Å². The molecule has 4 aromatic rings. The second-order valence-electron chi connectivity index (χ2n) is 6.48. The fraction of sp³-hybridized carbons (Fsp3) is 0.143. The van der Waals surface area contributed by atoms with Crippen LogP contribution in [0.4, 0.5) is 0 Å². The minimum Gasteiger partial charge on any atom is -0.503 e. The number of tetrazole rings is 1. The van der Waals surface area contributed by atoms with Gasteiger partial charge in [0, 0.05) is 17.3 Å². The van der Waals surface area contributed by atoms with E-state index in [2.05, 4.69) is 25.6 Å². The molecular weight excluding hydrogens is 354 g/mol. The molecule has 0 bridgehead atoms. The fourth-order valence-electron chi connectivity index (χ4n) is 3.05. The predicted octanol–water partition coefficient (Wildman–Crippen LogP) is 3.83. The van der Waals surface area contributed by atoms with Crippen molar-refractivity contribution in [2.75, 3.05) is 0 Å². The minimum absolute atomic E-state index is 0.0804. The third-order valence-electron chi connectivity index (χ3n) is 4.45. The first kappa shape index (κ1) is 17.7. The number of ether oxygens (including phenoxy) is 1. The van der Waals surface area contributed by atoms with E-state index in [1.165, 1.54) is 0 Å². The number of nitrogens with one attached hydrogen (secondary N) is 1. The third-order valence-corrected chi connectivity index (χ3v) is 4.45. The number of H-pyrrole nitrogens is 1. The molecule has 0 aliphatic heterocycles. The summed E-state index contributed by atoms with van der Waals surface area (Å²) in [5.74, 6) is 1.15. The molecule has 0 aliphatic rings. The van der Waals surface area contributed by atoms with Crippen molar-refractivity contribution in [3.8, 4) is 34.0 Å². The zero-order valence-corrected chi connectivity index (χ0v) is 15.5. The van der Waals surface area contributed by atoms with Crippen LogP contribution in [0.5, 0.6) is 11.5 Å². The Morgan fingerprint density at radius 3 is 2.46 bits per heavy atom. The molecule has 0 unspecified atom stereocenters. The van der Waals surface area contributed by atoms with Crippen LogP contribution < -0.4 is 4.74 Å². The van der Waals surface area contributed by atoms with Gasteiger partial charge < -0.3 is 9.84 Å². The highest BCUT2D eigenvalue weighted by atomic mass is 16.5. The van der Waals surface area contributed by atoms with Gasteiger partial charge in [0.2, 0.25) is 0 Å². The van der Waals surface area contributed by atoms with Crippen molar-refractivity contribution < 1.29 is 9.84 Å². The zero-order valence-electron chi connectivity index (χ0n) is 15.5. The van der Waals surface area contributed by atoms with Crippen molar-refractivity contribution in [3.63, 3.8) is 0 Å². The van der Waals surface area contributed by atoms with E-state index in [4.69, 9.17) is 4.74 Å². The van der Waals surface area contributed by atoms with Crippen molar-refractivity contribution in [1.82, 2.24) is 25.6 Å². The molecule has 2 heterocycles. The summed E-state index contributed by atoms with van der Waals surface area (Å²) >= 11 is 0. The summed E-state index contributed by atoms with van der Waals surface area (Å²) in [5, 5.41) is 24.2. The smallest absolute Gasteiger partial charge is 0.180 e. The Morgan fingerprint density at radius 2 is 1.75 bits per heavy atom. The van der Waals surface area contributed by atoms with Gasteiger partial charge in [-0.25, -0.2) is 5.10 Å². The largest absolute Gasteiger partial charge is 0.503 e. The van der Waals surface area contributed by atoms with E-state index in [0.717, 1.165) is 27.9 Å². The van der Waals surface area contributed by atoms with E-state index >= 15 is 0 Å². The first-order chi connectivity index (χ1) is 13.6. The van der Waals surface area contributed by atoms with Crippen LogP contribution in [0, 0.1) is 13.8 Å². The number of aromatic hydroxyl groups is 1. The highest BCUT2D eigenvalue weighted by molar-refractivity contribution is 5.80. The summed E-state index contributed by atoms with van der Waals surface area (Å²) in [5.41, 5.74) is 5.38. The monoisotopic (exact) mass is 373 g/mol. The molecule has 0 aliphatic carbocycles. The zero-order chi connectivity index (χ0) is 19.5. The molecule has 140 valence electrons. The number of hydrogen-bond acceptors (Lipinski definition) is 6. The number of aromatic nitrogens is 5. The number of nitrogens with zero attached hydrogens (tertiary/aromatic N) is 4. The molecule has 0 amide bonds. The molecule has 0 saturated carbocycles. The van der Waals surface area contributed by atoms with Gasteiger partial charge in [0.1, 0.15) is 6.61 Å². The predicted molar refractivity (Wildman–Crippen MR) is 105 cm³/mol. The maximum atomic E-state index is 10.1. The Morgan fingerprint density at radius 1 is 1.00 bits per heavy atom. The number of aromatic amines is 1. The Hall–Kier alpha value is -3.74. The summed E-state index contributed by atoms with van der Waals surface area (Å²) in [6.07, 6.45) is 0. The molecule has 0 fully saturated rings. The maximum Gasteiger partial charge on any atom is 0.180 e. The van der Waals surface area contributed by atoms with Crippen LogP contribution in [0.3, 0.4) is 0 Å². The number of benzene rings is 2. The first-order valence-corrected chi connectivity index (χ1v) is 8.84. The van der Waals surface area contributed by atoms with Crippen molar-refractivity contribution in [2.24, 2.45) is 0 Å². The van der Waals surface area contributed by atoms with E-state index in [1.807, 2.05) is 55.5 Å². The normalized spacial score (nSPS) is 10.8. The average molecular weight is 373 g/mol. The van der Waals surface area contributed by atoms with E-state index < -0.39 is 0 Å². The van der Waals surface area contributed by atoms with Crippen LogP contribution in [-0.4, -0.2) is 30.7 Å². The van der Waals surface area contributed by atoms with E-state index in [0.29, 0.717) is 23.9 Å². The Bertz CT molecular complexity index is 1090. The molecular formula is C21H19N5O2. The molecule has 0 saturated heterocycles. The second-order valence-corrected chi connectivity index (χ2v) is 6.48. The van der Waals surface area contributed by atoms with Gasteiger partial charge in [-0.3, -0.25) is 4.98 Å². The topological polar surface area (TPSA) is 96.8 Å². The minimum atomic E-state index is 0.0804. The van der Waals surface area contributed by atoms with Gasteiger partial charge in [0.05, 0.1) is 5.69 Å². The molecule has 28 heavy (non-hydrogen) atoms. The standard InChI is InChI=1S/C21H19N5O2/c1-13-11-19(20(27)14(2)22-13)28-12-15-7-9-16(10-8-15)17-5-3-4-6-18(17)21-23-25-26-24-21/h3-11,27H,12H2,1-2H3,(H,23,24,25,26). The van der Waals surface area contributed by atoms with Crippen LogP contribution in [0.15, 0.2) is 54.6 Å². The molecule has 0 radical (unpaired) electrons. The van der Waals surface area contributed by atoms with Crippen LogP contribution in [0.2, 0.25) is 0 Å². The lowest BCUT2D eigenvalue weighted by molar-refractivity contribution is 0.287. The maximum absolute atomic E-state index is 10.1. The third kappa shape index (κ3) is 3.55. The van der Waals surface area contributed by atoms with Gasteiger partial charge in [0.15, 0.2) is 17.3 Å². The van der Waals surface area contributed by atoms with E-state index in [9.17, 15) is 5.11 Å². The number of rotatable bonds is 5. The first-order valence-electron chi connectivity index (χ1n) is 8.84. The van der Waals surface area contributed by atoms with Gasteiger partial charge in [-0.2, -0.15) is 0 Å². The molecule has 2 N–H and O–H groups in total. The van der Waals surface area contributed by atoms with Gasteiger partial charge >= 0.3 is 0 Å². The van der Waals surface area contributed by atoms with Crippen LogP contribution in [0.25, 0.3) is 22.5 Å². The van der Waals surface area contributed by atoms with Crippen LogP contribution in [-0.2, 0) is 6.61 Å². The fourth-order valence-corrected chi connectivity index (χ4v) is 3.05. The summed E-state index contributed by atoms with van der Waals surface area (Å²) in [7, 11) is 0. The number of pyridine rings is 1. The average Bonchev–Trinajstić information content (AvgIpc) is 3.25. The molecule has 0 atom stereocenters. The molecule has 4 rings (SSSR count). The lowest BCUT2D eigenvalue weighted by atomic mass is 9.98. The van der Waals surface area contributed by atoms with Gasteiger partial charge in [0.25, 0.3) is 0 Å². The molecule has 7 nitrogen and oxygen atoms in total. The van der Waals surface area contributed by atoms with Crippen molar-refractivity contribution in [3.05, 3.63) is 71.5 Å². The SMILES string of the molecule is Cc1cc(OCc2ccc(-c3ccccc3-c3nnn[nH]3)cc2)c(O)c(C)n1. The molecule has 7 heteroatoms. The van der Waals surface area contributed by atoms with Crippen molar-refractivity contribution in [2.45, 2.75) is 20.5 Å². The Labute approximate surface area is 162 Å². The van der Waals surface area contributed by atoms with Crippen molar-refractivity contribution >= 4 is 0 Å². The summed E-state index contributed by atoms with van der Waals surface area (Å²) in [6, 6.07) is 17.7. The second kappa shape index (κ2) is 7.48. The van der Waals surface area contributed by atoms with Crippen LogP contribution >= 0.6 is 0 Å². The lowest BCUT2D eigenvalue weighted by Gasteiger charge is -2.11.